The first-order valence-corrected chi connectivity index (χ1v) is 8.09. The SMILES string of the molecule is CCC1CCC(CNCC(O)c2cccs2)CC1. The van der Waals surface area contributed by atoms with Gasteiger partial charge in [0.05, 0.1) is 0 Å². The molecular weight excluding hydrogens is 242 g/mol. The van der Waals surface area contributed by atoms with E-state index in [-0.39, 0.29) is 6.10 Å². The lowest BCUT2D eigenvalue weighted by Gasteiger charge is -2.28. The zero-order valence-corrected chi connectivity index (χ0v) is 12.1. The van der Waals surface area contributed by atoms with E-state index < -0.39 is 0 Å². The van der Waals surface area contributed by atoms with E-state index in [0.717, 1.165) is 23.3 Å². The van der Waals surface area contributed by atoms with Crippen molar-refractivity contribution in [2.24, 2.45) is 11.8 Å². The van der Waals surface area contributed by atoms with Gasteiger partial charge in [0.2, 0.25) is 0 Å². The van der Waals surface area contributed by atoms with Crippen LogP contribution in [0.1, 0.15) is 50.0 Å². The second kappa shape index (κ2) is 7.27. The van der Waals surface area contributed by atoms with Crippen LogP contribution in [0.3, 0.4) is 0 Å². The number of rotatable bonds is 6. The van der Waals surface area contributed by atoms with Gasteiger partial charge in [0, 0.05) is 11.4 Å². The number of aliphatic hydroxyl groups excluding tert-OH is 1. The van der Waals surface area contributed by atoms with Gasteiger partial charge in [-0.05, 0) is 42.7 Å². The zero-order chi connectivity index (χ0) is 12.8. The fourth-order valence-electron chi connectivity index (χ4n) is 2.85. The molecule has 1 unspecified atom stereocenters. The minimum absolute atomic E-state index is 0.336. The third kappa shape index (κ3) is 4.08. The molecule has 0 amide bonds. The summed E-state index contributed by atoms with van der Waals surface area (Å²) in [6.07, 6.45) is 6.53. The van der Waals surface area contributed by atoms with Gasteiger partial charge >= 0.3 is 0 Å². The maximum atomic E-state index is 9.97. The van der Waals surface area contributed by atoms with E-state index in [0.29, 0.717) is 6.54 Å². The van der Waals surface area contributed by atoms with Crippen molar-refractivity contribution in [3.05, 3.63) is 22.4 Å². The molecule has 0 saturated heterocycles. The summed E-state index contributed by atoms with van der Waals surface area (Å²) in [5.41, 5.74) is 0. The molecule has 0 aromatic carbocycles. The van der Waals surface area contributed by atoms with Crippen LogP contribution >= 0.6 is 11.3 Å². The molecule has 1 aliphatic carbocycles. The Balaban J connectivity index is 1.61. The topological polar surface area (TPSA) is 32.3 Å². The molecule has 1 atom stereocenters. The molecule has 1 aromatic rings. The zero-order valence-electron chi connectivity index (χ0n) is 11.3. The highest BCUT2D eigenvalue weighted by Crippen LogP contribution is 2.30. The Morgan fingerprint density at radius 2 is 2.06 bits per heavy atom. The molecule has 1 aromatic heterocycles. The maximum Gasteiger partial charge on any atom is 0.101 e. The number of nitrogens with one attached hydrogen (secondary N) is 1. The van der Waals surface area contributed by atoms with Crippen molar-refractivity contribution in [1.29, 1.82) is 0 Å². The lowest BCUT2D eigenvalue weighted by molar-refractivity contribution is 0.172. The summed E-state index contributed by atoms with van der Waals surface area (Å²) < 4.78 is 0. The van der Waals surface area contributed by atoms with Gasteiger partial charge in [-0.3, -0.25) is 0 Å². The van der Waals surface area contributed by atoms with Gasteiger partial charge in [-0.1, -0.05) is 32.3 Å². The van der Waals surface area contributed by atoms with Crippen molar-refractivity contribution in [3.8, 4) is 0 Å². The third-order valence-electron chi connectivity index (χ3n) is 4.19. The number of hydrogen-bond acceptors (Lipinski definition) is 3. The molecule has 1 saturated carbocycles. The molecule has 18 heavy (non-hydrogen) atoms. The lowest BCUT2D eigenvalue weighted by Crippen LogP contribution is -2.29. The van der Waals surface area contributed by atoms with E-state index in [1.54, 1.807) is 11.3 Å². The fourth-order valence-corrected chi connectivity index (χ4v) is 3.56. The molecule has 0 aliphatic heterocycles. The summed E-state index contributed by atoms with van der Waals surface area (Å²) in [5, 5.41) is 15.4. The molecule has 102 valence electrons. The smallest absolute Gasteiger partial charge is 0.101 e. The van der Waals surface area contributed by atoms with Gasteiger partial charge < -0.3 is 10.4 Å². The normalized spacial score (nSPS) is 26.1. The third-order valence-corrected chi connectivity index (χ3v) is 5.16. The Morgan fingerprint density at radius 3 is 2.67 bits per heavy atom. The Hall–Kier alpha value is -0.380. The standard InChI is InChI=1S/C15H25NOS/c1-2-12-5-7-13(8-6-12)10-16-11-14(17)15-4-3-9-18-15/h3-4,9,12-14,16-17H,2,5-8,10-11H2,1H3. The van der Waals surface area contributed by atoms with Gasteiger partial charge in [0.15, 0.2) is 0 Å². The summed E-state index contributed by atoms with van der Waals surface area (Å²) >= 11 is 1.63. The Kier molecular flexibility index (Phi) is 5.67. The van der Waals surface area contributed by atoms with Crippen LogP contribution in [0.5, 0.6) is 0 Å². The van der Waals surface area contributed by atoms with Crippen LogP contribution in [-0.2, 0) is 0 Å². The summed E-state index contributed by atoms with van der Waals surface area (Å²) in [5.74, 6) is 1.79. The van der Waals surface area contributed by atoms with E-state index in [9.17, 15) is 5.11 Å². The van der Waals surface area contributed by atoms with Crippen molar-refractivity contribution in [3.63, 3.8) is 0 Å². The van der Waals surface area contributed by atoms with E-state index in [1.807, 2.05) is 17.5 Å². The average Bonchev–Trinajstić information content (AvgIpc) is 2.93. The molecule has 2 rings (SSSR count). The maximum absolute atomic E-state index is 9.97. The number of aliphatic hydroxyl groups is 1. The molecular formula is C15H25NOS. The van der Waals surface area contributed by atoms with Crippen molar-refractivity contribution < 1.29 is 5.11 Å². The minimum Gasteiger partial charge on any atom is -0.386 e. The molecule has 0 radical (unpaired) electrons. The molecule has 2 nitrogen and oxygen atoms in total. The molecule has 2 N–H and O–H groups in total. The first-order chi connectivity index (χ1) is 8.79. The lowest BCUT2D eigenvalue weighted by atomic mass is 9.81. The Labute approximate surface area is 114 Å². The van der Waals surface area contributed by atoms with Crippen LogP contribution in [0, 0.1) is 11.8 Å². The summed E-state index contributed by atoms with van der Waals surface area (Å²) in [6.45, 7) is 4.06. The van der Waals surface area contributed by atoms with Crippen LogP contribution in [0.15, 0.2) is 17.5 Å². The largest absolute Gasteiger partial charge is 0.386 e. The Morgan fingerprint density at radius 1 is 1.33 bits per heavy atom. The second-order valence-corrected chi connectivity index (χ2v) is 6.46. The highest BCUT2D eigenvalue weighted by molar-refractivity contribution is 7.10. The fraction of sp³-hybridized carbons (Fsp3) is 0.733. The monoisotopic (exact) mass is 267 g/mol. The Bertz CT molecular complexity index is 317. The van der Waals surface area contributed by atoms with Crippen molar-refractivity contribution in [1.82, 2.24) is 5.32 Å². The van der Waals surface area contributed by atoms with Gasteiger partial charge in [-0.25, -0.2) is 0 Å². The predicted molar refractivity (Wildman–Crippen MR) is 77.9 cm³/mol. The van der Waals surface area contributed by atoms with Crippen LogP contribution < -0.4 is 5.32 Å². The van der Waals surface area contributed by atoms with Crippen molar-refractivity contribution >= 4 is 11.3 Å². The quantitative estimate of drug-likeness (QED) is 0.825. The van der Waals surface area contributed by atoms with E-state index in [2.05, 4.69) is 12.2 Å². The highest BCUT2D eigenvalue weighted by atomic mass is 32.1. The van der Waals surface area contributed by atoms with Crippen molar-refractivity contribution in [2.45, 2.75) is 45.1 Å². The number of hydrogen-bond donors (Lipinski definition) is 2. The highest BCUT2D eigenvalue weighted by Gasteiger charge is 2.19. The second-order valence-electron chi connectivity index (χ2n) is 5.48. The molecule has 1 aliphatic rings. The minimum atomic E-state index is -0.336. The first kappa shape index (κ1) is 14.0. The van der Waals surface area contributed by atoms with Crippen LogP contribution in [0.4, 0.5) is 0 Å². The van der Waals surface area contributed by atoms with E-state index in [1.165, 1.54) is 32.1 Å². The molecule has 1 heterocycles. The van der Waals surface area contributed by atoms with Gasteiger partial charge in [0.25, 0.3) is 0 Å². The first-order valence-electron chi connectivity index (χ1n) is 7.21. The van der Waals surface area contributed by atoms with E-state index in [4.69, 9.17) is 0 Å². The summed E-state index contributed by atoms with van der Waals surface area (Å²) in [4.78, 5) is 1.07. The molecule has 3 heteroatoms. The van der Waals surface area contributed by atoms with Gasteiger partial charge in [-0.2, -0.15) is 0 Å². The molecule has 0 bridgehead atoms. The summed E-state index contributed by atoms with van der Waals surface area (Å²) in [7, 11) is 0. The predicted octanol–water partition coefficient (Wildman–Crippen LogP) is 3.59. The van der Waals surface area contributed by atoms with Crippen LogP contribution in [0.2, 0.25) is 0 Å². The van der Waals surface area contributed by atoms with Gasteiger partial charge in [-0.15, -0.1) is 11.3 Å². The average molecular weight is 267 g/mol. The van der Waals surface area contributed by atoms with Crippen LogP contribution in [0.25, 0.3) is 0 Å². The molecule has 1 fully saturated rings. The van der Waals surface area contributed by atoms with E-state index >= 15 is 0 Å². The van der Waals surface area contributed by atoms with Gasteiger partial charge in [0.1, 0.15) is 6.10 Å². The molecule has 0 spiro atoms. The number of thiophene rings is 1. The van der Waals surface area contributed by atoms with Crippen LogP contribution in [-0.4, -0.2) is 18.2 Å². The summed E-state index contributed by atoms with van der Waals surface area (Å²) in [6, 6.07) is 4.00. The van der Waals surface area contributed by atoms with Crippen molar-refractivity contribution in [2.75, 3.05) is 13.1 Å².